The molecule has 0 radical (unpaired) electrons. The van der Waals surface area contributed by atoms with E-state index in [2.05, 4.69) is 0 Å². The third kappa shape index (κ3) is 4.04. The molecule has 222 valence electrons. The molecule has 4 aliphatic heterocycles. The Balaban J connectivity index is 1.37. The van der Waals surface area contributed by atoms with Crippen LogP contribution in [0.5, 0.6) is 0 Å². The van der Waals surface area contributed by atoms with E-state index in [1.165, 1.54) is 12.2 Å². The predicted molar refractivity (Wildman–Crippen MR) is 137 cm³/mol. The van der Waals surface area contributed by atoms with Crippen LogP contribution in [-0.2, 0) is 38.0 Å². The molecule has 0 amide bonds. The van der Waals surface area contributed by atoms with Crippen LogP contribution in [0.25, 0.3) is 0 Å². The Morgan fingerprint density at radius 3 is 2.50 bits per heavy atom. The molecule has 5 fully saturated rings. The van der Waals surface area contributed by atoms with Crippen LogP contribution in [0.2, 0.25) is 0 Å². The van der Waals surface area contributed by atoms with Gasteiger partial charge in [-0.15, -0.1) is 0 Å². The number of carbonyl (C=O) groups excluding carboxylic acids is 2. The van der Waals surface area contributed by atoms with E-state index in [-0.39, 0.29) is 37.8 Å². The molecule has 6 aliphatic rings. The van der Waals surface area contributed by atoms with Gasteiger partial charge in [-0.25, -0.2) is 9.59 Å². The Bertz CT molecular complexity index is 1100. The Kier molecular flexibility index (Phi) is 6.77. The zero-order valence-electron chi connectivity index (χ0n) is 23.4. The molecule has 2 aliphatic carbocycles. The molecule has 4 heterocycles. The van der Waals surface area contributed by atoms with Crippen LogP contribution >= 0.6 is 0 Å². The van der Waals surface area contributed by atoms with E-state index in [0.717, 1.165) is 0 Å². The lowest BCUT2D eigenvalue weighted by Crippen LogP contribution is -2.69. The second-order valence-electron chi connectivity index (χ2n) is 12.9. The molecule has 2 bridgehead atoms. The van der Waals surface area contributed by atoms with Crippen LogP contribution in [0.15, 0.2) is 24.3 Å². The average molecular weight is 565 g/mol. The number of carbonyl (C=O) groups is 2. The molecule has 6 unspecified atom stereocenters. The quantitative estimate of drug-likeness (QED) is 0.302. The molecule has 2 saturated carbocycles. The van der Waals surface area contributed by atoms with Crippen LogP contribution < -0.4 is 0 Å². The van der Waals surface area contributed by atoms with Crippen molar-refractivity contribution >= 4 is 11.9 Å². The summed E-state index contributed by atoms with van der Waals surface area (Å²) in [6.07, 6.45) is 1.47. The monoisotopic (exact) mass is 564 g/mol. The van der Waals surface area contributed by atoms with Crippen molar-refractivity contribution in [2.24, 2.45) is 16.7 Å². The van der Waals surface area contributed by atoms with Crippen molar-refractivity contribution in [2.45, 2.75) is 107 Å². The number of hydrogen-bond acceptors (Lipinski definition) is 11. The van der Waals surface area contributed by atoms with Crippen molar-refractivity contribution in [2.75, 3.05) is 19.8 Å². The van der Waals surface area contributed by atoms with Gasteiger partial charge < -0.3 is 43.7 Å². The van der Waals surface area contributed by atoms with Gasteiger partial charge in [-0.2, -0.15) is 0 Å². The number of cyclic esters (lactones) is 1. The number of rotatable bonds is 1. The van der Waals surface area contributed by atoms with Crippen LogP contribution in [0.4, 0.5) is 0 Å². The number of hydrogen-bond donors (Lipinski definition) is 3. The second-order valence-corrected chi connectivity index (χ2v) is 12.9. The minimum absolute atomic E-state index is 0.0251. The maximum absolute atomic E-state index is 13.3. The predicted octanol–water partition coefficient (Wildman–Crippen LogP) is 0.575. The van der Waals surface area contributed by atoms with Crippen LogP contribution in [0.1, 0.15) is 47.0 Å². The van der Waals surface area contributed by atoms with Gasteiger partial charge in [0.15, 0.2) is 6.10 Å². The Hall–Kier alpha value is -1.86. The van der Waals surface area contributed by atoms with Gasteiger partial charge in [0, 0.05) is 17.9 Å². The van der Waals surface area contributed by atoms with Crippen molar-refractivity contribution in [3.63, 3.8) is 0 Å². The molecule has 0 aromatic heterocycles. The third-order valence-electron chi connectivity index (χ3n) is 10.7. The summed E-state index contributed by atoms with van der Waals surface area (Å²) in [4.78, 5) is 26.3. The van der Waals surface area contributed by atoms with Crippen molar-refractivity contribution in [1.29, 1.82) is 0 Å². The highest BCUT2D eigenvalue weighted by Gasteiger charge is 2.83. The van der Waals surface area contributed by atoms with E-state index in [4.69, 9.17) is 28.4 Å². The number of aliphatic hydroxyl groups is 3. The highest BCUT2D eigenvalue weighted by atomic mass is 16.7. The summed E-state index contributed by atoms with van der Waals surface area (Å²) < 4.78 is 36.1. The average Bonchev–Trinajstić information content (AvgIpc) is 3.81. The van der Waals surface area contributed by atoms with Gasteiger partial charge in [0.05, 0.1) is 43.0 Å². The van der Waals surface area contributed by atoms with Gasteiger partial charge in [0.2, 0.25) is 0 Å². The van der Waals surface area contributed by atoms with Crippen LogP contribution in [0.3, 0.4) is 0 Å². The first-order valence-corrected chi connectivity index (χ1v) is 14.2. The molecule has 11 heteroatoms. The van der Waals surface area contributed by atoms with Crippen molar-refractivity contribution < 1.29 is 53.3 Å². The van der Waals surface area contributed by atoms with Crippen molar-refractivity contribution in [3.8, 4) is 0 Å². The minimum Gasteiger partial charge on any atom is -0.463 e. The van der Waals surface area contributed by atoms with E-state index in [0.29, 0.717) is 19.4 Å². The third-order valence-corrected chi connectivity index (χ3v) is 10.7. The van der Waals surface area contributed by atoms with Crippen molar-refractivity contribution in [1.82, 2.24) is 0 Å². The van der Waals surface area contributed by atoms with Crippen LogP contribution in [0, 0.1) is 16.7 Å². The topological polar surface area (TPSA) is 157 Å². The van der Waals surface area contributed by atoms with Gasteiger partial charge in [-0.05, 0) is 32.6 Å². The molecule has 0 aromatic carbocycles. The highest BCUT2D eigenvalue weighted by Crippen LogP contribution is 2.72. The summed E-state index contributed by atoms with van der Waals surface area (Å²) in [6.45, 7) is 7.28. The first kappa shape index (κ1) is 28.3. The van der Waals surface area contributed by atoms with Gasteiger partial charge >= 0.3 is 11.9 Å². The summed E-state index contributed by atoms with van der Waals surface area (Å²) in [5.41, 5.74) is -3.63. The van der Waals surface area contributed by atoms with E-state index in [9.17, 15) is 24.9 Å². The molecule has 13 atom stereocenters. The summed E-state index contributed by atoms with van der Waals surface area (Å²) in [7, 11) is 0. The molecular weight excluding hydrogens is 524 g/mol. The Morgan fingerprint density at radius 1 is 1.05 bits per heavy atom. The molecule has 0 aromatic rings. The molecule has 2 spiro atoms. The molecule has 40 heavy (non-hydrogen) atoms. The van der Waals surface area contributed by atoms with Gasteiger partial charge in [0.1, 0.15) is 36.1 Å². The summed E-state index contributed by atoms with van der Waals surface area (Å²) >= 11 is 0. The van der Waals surface area contributed by atoms with E-state index < -0.39 is 70.6 Å². The maximum Gasteiger partial charge on any atom is 0.338 e. The lowest BCUT2D eigenvalue weighted by Gasteiger charge is -2.60. The number of allylic oxidation sites excluding steroid dienone is 2. The lowest BCUT2D eigenvalue weighted by molar-refractivity contribution is -0.268. The lowest BCUT2D eigenvalue weighted by atomic mass is 9.49. The maximum atomic E-state index is 13.3. The molecule has 11 nitrogen and oxygen atoms in total. The standard InChI is InChI=1S/C29H40O11/c1-15-9-21-28(11-17(15)31)13-36-25(34)24-26(3,40-24)19(32)12-35-18(16(2)30)7-5-6-8-23(33)39-20-10-22(38-21)29(14-37-29)27(20,28)4/h5-8,15-22,24,30-32H,9-14H2,1-4H3/b7-5?,8-6-/t15-,16?,17-,18?,19?,20-,21-,22-,24?,26?,27-,28-,29?/m1/s1. The van der Waals surface area contributed by atoms with Gasteiger partial charge in [-0.1, -0.05) is 32.1 Å². The van der Waals surface area contributed by atoms with E-state index >= 15 is 0 Å². The largest absolute Gasteiger partial charge is 0.463 e. The first-order valence-electron chi connectivity index (χ1n) is 14.2. The van der Waals surface area contributed by atoms with Crippen molar-refractivity contribution in [3.05, 3.63) is 24.3 Å². The number of aliphatic hydroxyl groups excluding tert-OH is 3. The number of fused-ring (bicyclic) bond motifs is 1. The SMILES string of the molecule is CC(O)C1C=C/C=C\C(=O)O[C@@H]2C[C@H]3O[C@@H]4C[C@@H](C)[C@H](O)C[C@]4(COC(=O)C4OC4(C)C(O)CO1)[C@]2(C)C31CO1. The Morgan fingerprint density at radius 2 is 1.80 bits per heavy atom. The fraction of sp³-hybridized carbons (Fsp3) is 0.793. The highest BCUT2D eigenvalue weighted by molar-refractivity contribution is 5.82. The smallest absolute Gasteiger partial charge is 0.338 e. The molecule has 6 rings (SSSR count). The second kappa shape index (κ2) is 9.58. The fourth-order valence-corrected chi connectivity index (χ4v) is 7.76. The molecular formula is C29H40O11. The summed E-state index contributed by atoms with van der Waals surface area (Å²) in [5.74, 6) is -1.22. The number of ether oxygens (including phenoxy) is 6. The molecule has 3 saturated heterocycles. The molecule has 3 N–H and O–H groups in total. The first-order chi connectivity index (χ1) is 18.9. The minimum atomic E-state index is -1.21. The van der Waals surface area contributed by atoms with E-state index in [1.807, 2.05) is 13.8 Å². The van der Waals surface area contributed by atoms with Gasteiger partial charge in [-0.3, -0.25) is 0 Å². The summed E-state index contributed by atoms with van der Waals surface area (Å²) in [6, 6.07) is 0. The zero-order chi connectivity index (χ0) is 28.7. The normalized spacial score (nSPS) is 53.8. The van der Waals surface area contributed by atoms with E-state index in [1.54, 1.807) is 26.0 Å². The zero-order valence-corrected chi connectivity index (χ0v) is 23.4. The van der Waals surface area contributed by atoms with Gasteiger partial charge in [0.25, 0.3) is 0 Å². The number of epoxide rings is 2. The summed E-state index contributed by atoms with van der Waals surface area (Å²) in [5, 5.41) is 32.0. The number of esters is 2. The fourth-order valence-electron chi connectivity index (χ4n) is 7.76. The van der Waals surface area contributed by atoms with Crippen LogP contribution in [-0.4, -0.2) is 107 Å². The Labute approximate surface area is 233 Å².